The number of nitrogens with zero attached hydrogens (tertiary/aromatic N) is 20. The van der Waals surface area contributed by atoms with E-state index in [0.29, 0.717) is 23.0 Å². The van der Waals surface area contributed by atoms with Crippen LogP contribution in [0.2, 0.25) is 0 Å². The van der Waals surface area contributed by atoms with Crippen molar-refractivity contribution in [2.45, 2.75) is 147 Å². The van der Waals surface area contributed by atoms with Gasteiger partial charge in [-0.1, -0.05) is 125 Å². The van der Waals surface area contributed by atoms with Gasteiger partial charge < -0.3 is 33.9 Å². The maximum Gasteiger partial charge on any atom is 0.373 e. The van der Waals surface area contributed by atoms with E-state index in [1.54, 1.807) is 43.4 Å². The zero-order chi connectivity index (χ0) is 75.7. The molecule has 113 heavy (non-hydrogen) atoms. The number of fused-ring (bicyclic) bond motifs is 3. The second kappa shape index (κ2) is 51.8. The number of hydrogen-bond donors (Lipinski definition) is 0. The first-order valence-electron chi connectivity index (χ1n) is 36.7. The Morgan fingerprint density at radius 3 is 1.23 bits per heavy atom. The third kappa shape index (κ3) is 27.0. The van der Waals surface area contributed by atoms with Crippen molar-refractivity contribution in [3.05, 3.63) is 268 Å². The van der Waals surface area contributed by atoms with Crippen LogP contribution < -0.4 is 0 Å². The fourth-order valence-corrected chi connectivity index (χ4v) is 13.7. The maximum atomic E-state index is 11.1. The minimum Gasteiger partial charge on any atom is -0.650 e. The quantitative estimate of drug-likeness (QED) is 0.0623. The summed E-state index contributed by atoms with van der Waals surface area (Å²) in [5, 5.41) is 55.3. The van der Waals surface area contributed by atoms with Crippen molar-refractivity contribution in [1.29, 1.82) is 10.8 Å². The van der Waals surface area contributed by atoms with E-state index < -0.39 is 0 Å². The molecule has 2 radical (unpaired) electrons. The molecule has 0 bridgehead atoms. The van der Waals surface area contributed by atoms with Gasteiger partial charge in [-0.25, -0.2) is 0 Å². The molecule has 16 rings (SSSR count). The van der Waals surface area contributed by atoms with Gasteiger partial charge in [0.1, 0.15) is 28.5 Å². The van der Waals surface area contributed by atoms with E-state index in [2.05, 4.69) is 103 Å². The number of pyridine rings is 8. The molecule has 5 atom stereocenters. The normalized spacial score (nSPS) is 18.0. The Balaban J connectivity index is 0.000000219. The average molecular weight is 1660 g/mol. The van der Waals surface area contributed by atoms with Crippen molar-refractivity contribution in [2.24, 2.45) is 38.2 Å². The number of rotatable bonds is 12. The van der Waals surface area contributed by atoms with Gasteiger partial charge in [-0.3, -0.25) is 39.9 Å². The van der Waals surface area contributed by atoms with E-state index in [1.165, 1.54) is 81.0 Å². The summed E-state index contributed by atoms with van der Waals surface area (Å²) >= 11 is 0. The molecule has 26 nitrogen and oxygen atoms in total. The van der Waals surface area contributed by atoms with Crippen LogP contribution in [-0.4, -0.2) is 125 Å². The molecule has 10 aromatic rings. The standard InChI is InChI=1S/C21H21N4O2.2C20H20N4.C12H8N6.C9H13O2.CO2.2CH3.N2.2Y/c26-14-27-18-11-3-1-2-8-15-19(18)21(17-10-5-7-13-23-17)25-24-20(15)16-9-4-6-12-22-16;2*1-2-4-10-16-15(9-3-1)19(17-11-5-7-13-21-17)23-24-20(16)18-12-6-8-14-22-18;1-3-7-13-9(5-1)11-15-17-12(18-16-11)10-6-2-4-8-14-10;10-8-11-9-6-4-2-1-3-5-7-9;2-1-3;;;1-2;;/h4-7,9-10,12-13,15,18-19H,1-3,8,11H2;5-8,11-14H,1-4,9-10H2;5-9,11-14,16H,1-4,10H2;1-8H;4,6,9H,1-3,5,7H2;;2*1H3;;;/q-1;;;;-1;;2*-1;;;/b;;;;6-4+;;;;;;. The summed E-state index contributed by atoms with van der Waals surface area (Å²) in [7, 11) is 0. The molecule has 12 heterocycles. The van der Waals surface area contributed by atoms with Gasteiger partial charge >= 0.3 is 6.15 Å². The van der Waals surface area contributed by atoms with Crippen LogP contribution >= 0.6 is 0 Å². The van der Waals surface area contributed by atoms with Gasteiger partial charge in [0, 0.05) is 144 Å². The Kier molecular flexibility index (Phi) is 41.8. The van der Waals surface area contributed by atoms with Crippen molar-refractivity contribution in [2.75, 3.05) is 0 Å². The first-order chi connectivity index (χ1) is 54.0. The van der Waals surface area contributed by atoms with E-state index >= 15 is 0 Å². The van der Waals surface area contributed by atoms with E-state index in [1.807, 2.05) is 164 Å². The molecule has 0 N–H and O–H groups in total. The number of ether oxygens (including phenoxy) is 2. The van der Waals surface area contributed by atoms with E-state index in [-0.39, 0.29) is 116 Å². The molecule has 6 aliphatic rings. The van der Waals surface area contributed by atoms with Crippen LogP contribution in [-0.2, 0) is 107 Å². The first kappa shape index (κ1) is 91.2. The summed E-state index contributed by atoms with van der Waals surface area (Å²) in [6.07, 6.45) is 44.0. The molecule has 2 aliphatic heterocycles. The Labute approximate surface area is 710 Å². The number of hydrogen-bond acceptors (Lipinski definition) is 26. The Hall–Kier alpha value is -10.7. The molecule has 574 valence electrons. The third-order valence-corrected chi connectivity index (χ3v) is 18.7. The minimum atomic E-state index is -0.289. The summed E-state index contributed by atoms with van der Waals surface area (Å²) in [5.41, 5.74) is 15.9. The van der Waals surface area contributed by atoms with Gasteiger partial charge in [0.2, 0.25) is 11.6 Å². The molecular weight excluding hydrogens is 1570 g/mol. The van der Waals surface area contributed by atoms with Crippen LogP contribution in [0.1, 0.15) is 156 Å². The van der Waals surface area contributed by atoms with Crippen molar-refractivity contribution in [3.63, 3.8) is 0 Å². The monoisotopic (exact) mass is 1660 g/mol. The molecule has 28 heteroatoms. The molecule has 4 aliphatic carbocycles. The Bertz CT molecular complexity index is 4550. The van der Waals surface area contributed by atoms with Gasteiger partial charge in [-0.05, 0) is 204 Å². The van der Waals surface area contributed by atoms with Gasteiger partial charge in [-0.2, -0.15) is 24.9 Å². The van der Waals surface area contributed by atoms with Gasteiger partial charge in [0.15, 0.2) is 0 Å². The van der Waals surface area contributed by atoms with Crippen molar-refractivity contribution in [1.82, 2.24) is 70.5 Å². The predicted octanol–water partition coefficient (Wildman–Crippen LogP) is 15.5. The second-order valence-electron chi connectivity index (χ2n) is 25.7. The summed E-state index contributed by atoms with van der Waals surface area (Å²) in [6.45, 7) is 3.15. The van der Waals surface area contributed by atoms with Crippen LogP contribution in [0.25, 0.3) is 45.8 Å². The smallest absolute Gasteiger partial charge is 0.373 e. The predicted molar refractivity (Wildman–Crippen MR) is 421 cm³/mol. The fraction of sp³-hybridized carbons (Fsp3) is 0.306. The molecule has 1 saturated carbocycles. The minimum absolute atomic E-state index is 0. The van der Waals surface area contributed by atoms with Crippen LogP contribution in [0.5, 0.6) is 0 Å². The summed E-state index contributed by atoms with van der Waals surface area (Å²) in [5.74, 6) is 1.03. The second-order valence-corrected chi connectivity index (χ2v) is 25.7. The summed E-state index contributed by atoms with van der Waals surface area (Å²) in [4.78, 5) is 72.4. The molecule has 1 fully saturated rings. The summed E-state index contributed by atoms with van der Waals surface area (Å²) in [6, 6.07) is 46.3. The van der Waals surface area contributed by atoms with E-state index in [9.17, 15) is 9.59 Å². The average Bonchev–Trinajstić information content (AvgIpc) is 0.801. The molecule has 0 aromatic carbocycles. The van der Waals surface area contributed by atoms with Crippen LogP contribution in [0.15, 0.2) is 239 Å². The van der Waals surface area contributed by atoms with Gasteiger partial charge in [0.05, 0.1) is 63.5 Å². The molecule has 5 unspecified atom stereocenters. The molecular formula is C85H88N20O6Y2-4. The third-order valence-electron chi connectivity index (χ3n) is 18.7. The molecule has 0 saturated heterocycles. The first-order valence-corrected chi connectivity index (χ1v) is 36.7. The topological polar surface area (TPSA) is 364 Å². The molecule has 0 amide bonds. The van der Waals surface area contributed by atoms with Gasteiger partial charge in [0.25, 0.3) is 0 Å². The van der Waals surface area contributed by atoms with Crippen LogP contribution in [0, 0.1) is 43.4 Å². The van der Waals surface area contributed by atoms with Crippen LogP contribution in [0.3, 0.4) is 0 Å². The zero-order valence-electron chi connectivity index (χ0n) is 63.5. The SMILES string of the molecule is C1=C2C(c3ccccn3)=NN=C(c3ccccn3)C2CCCCC1.N#N.O=C=O.O=[C-]OC1/C=C/CCCCC1.O=[C-]OC1CCCCCC2C(c3ccccn3)=NN=C(c3ccccn3)C12.[CH3-].[CH3-].[Y].[Y].c1ccc(-c2nnc(-c3ccccn3)c3c2CCCCCC3)nc1.c1ccc(-c2nnc(-c3ccccn3)nn2)nc1. The number of allylic oxidation sites excluding steroid dienone is 3. The van der Waals surface area contributed by atoms with Crippen molar-refractivity contribution >= 4 is 41.9 Å². The maximum absolute atomic E-state index is 11.1. The number of aromatic nitrogens is 14. The van der Waals surface area contributed by atoms with Crippen molar-refractivity contribution in [3.8, 4) is 45.8 Å². The van der Waals surface area contributed by atoms with E-state index in [4.69, 9.17) is 29.8 Å². The Morgan fingerprint density at radius 1 is 0.381 bits per heavy atom. The number of carbonyl (C=O) groups excluding carboxylic acids is 4. The van der Waals surface area contributed by atoms with E-state index in [0.717, 1.165) is 145 Å². The Morgan fingerprint density at radius 2 is 0.761 bits per heavy atom. The molecule has 10 aromatic heterocycles. The molecule has 0 spiro atoms. The van der Waals surface area contributed by atoms with Gasteiger partial charge in [-0.15, -0.1) is 35.7 Å². The summed E-state index contributed by atoms with van der Waals surface area (Å²) < 4.78 is 10.2. The van der Waals surface area contributed by atoms with Crippen LogP contribution in [0.4, 0.5) is 0 Å². The largest absolute Gasteiger partial charge is 0.650 e. The zero-order valence-corrected chi connectivity index (χ0v) is 69.2. The fourth-order valence-electron chi connectivity index (χ4n) is 13.7. The van der Waals surface area contributed by atoms with Crippen molar-refractivity contribution < 1.29 is 94.1 Å².